The van der Waals surface area contributed by atoms with Gasteiger partial charge in [0.05, 0.1) is 6.20 Å². The lowest BCUT2D eigenvalue weighted by Crippen LogP contribution is -1.42. The van der Waals surface area contributed by atoms with E-state index >= 15 is 0 Å². The summed E-state index contributed by atoms with van der Waals surface area (Å²) in [6, 6.07) is 0. The maximum Gasteiger partial charge on any atom is 0.285 e. The minimum absolute atomic E-state index is 0.273. The first-order valence-electron chi connectivity index (χ1n) is 1.37. The largest absolute Gasteiger partial charge is 0.421 e. The molecule has 6 heavy (non-hydrogen) atoms. The Labute approximate surface area is 39.7 Å². The Kier molecular flexibility index (Phi) is 0.801. The first-order chi connectivity index (χ1) is 2.89. The molecule has 0 fully saturated rings. The molecular weight excluding hydrogens is 101 g/mol. The van der Waals surface area contributed by atoms with Gasteiger partial charge in [0.2, 0.25) is 5.22 Å². The third kappa shape index (κ3) is 0.518. The van der Waals surface area contributed by atoms with Crippen LogP contribution in [0.4, 0.5) is 0 Å². The molecule has 0 saturated carbocycles. The van der Waals surface area contributed by atoms with Crippen molar-refractivity contribution in [2.75, 3.05) is 0 Å². The van der Waals surface area contributed by atoms with E-state index in [9.17, 15) is 0 Å². The van der Waals surface area contributed by atoms with Gasteiger partial charge >= 0.3 is 0 Å². The Bertz CT molecular complexity index is 114. The molecule has 0 aliphatic rings. The van der Waals surface area contributed by atoms with Crippen LogP contribution in [-0.2, 0) is 0 Å². The van der Waals surface area contributed by atoms with Crippen LogP contribution in [-0.4, -0.2) is 4.98 Å². The second-order valence-corrected chi connectivity index (χ2v) is 1.13. The molecule has 31 valence electrons. The minimum atomic E-state index is 0.273. The summed E-state index contributed by atoms with van der Waals surface area (Å²) in [6.45, 7) is 0. The van der Waals surface area contributed by atoms with Gasteiger partial charge in [0.25, 0.3) is 6.39 Å². The fraction of sp³-hybridized carbons (Fsp3) is 0. The van der Waals surface area contributed by atoms with E-state index in [2.05, 4.69) is 15.8 Å². The molecule has 1 rings (SSSR count). The Balaban J connectivity index is 3.05. The van der Waals surface area contributed by atoms with Crippen molar-refractivity contribution in [3.8, 4) is 0 Å². The number of rotatable bonds is 0. The second-order valence-electron chi connectivity index (χ2n) is 0.756. The average Bonchev–Trinajstić information content (AvgIpc) is 1.86. The van der Waals surface area contributed by atoms with Gasteiger partial charge in [-0.3, -0.25) is 0 Å². The molecule has 0 aliphatic carbocycles. The smallest absolute Gasteiger partial charge is 0.285 e. The standard InChI is InChI=1S/C3HClNO/c4-3-1-5-2-6-3/h1H. The lowest BCUT2D eigenvalue weighted by Gasteiger charge is -1.61. The van der Waals surface area contributed by atoms with Gasteiger partial charge in [-0.15, -0.1) is 0 Å². The summed E-state index contributed by atoms with van der Waals surface area (Å²) in [7, 11) is 0. The molecule has 0 saturated heterocycles. The predicted octanol–water partition coefficient (Wildman–Crippen LogP) is 1.13. The SMILES string of the molecule is Clc1cn[c]o1. The molecule has 0 aliphatic heterocycles. The molecule has 1 aromatic rings. The lowest BCUT2D eigenvalue weighted by molar-refractivity contribution is 0.549. The number of oxazole rings is 1. The molecule has 0 unspecified atom stereocenters. The van der Waals surface area contributed by atoms with E-state index in [4.69, 9.17) is 11.6 Å². The van der Waals surface area contributed by atoms with E-state index in [-0.39, 0.29) is 5.22 Å². The molecular formula is C3HClNO. The van der Waals surface area contributed by atoms with Gasteiger partial charge in [-0.1, -0.05) is 0 Å². The third-order valence-electron chi connectivity index (χ3n) is 0.362. The Hall–Kier alpha value is -0.500. The van der Waals surface area contributed by atoms with Crippen molar-refractivity contribution in [3.63, 3.8) is 0 Å². The zero-order valence-corrected chi connectivity index (χ0v) is 3.57. The van der Waals surface area contributed by atoms with E-state index in [0.717, 1.165) is 0 Å². The van der Waals surface area contributed by atoms with E-state index in [1.807, 2.05) is 0 Å². The highest BCUT2D eigenvalue weighted by molar-refractivity contribution is 6.28. The van der Waals surface area contributed by atoms with E-state index in [0.29, 0.717) is 0 Å². The maximum absolute atomic E-state index is 5.19. The van der Waals surface area contributed by atoms with E-state index in [1.54, 1.807) is 0 Å². The number of hydrogen-bond donors (Lipinski definition) is 0. The van der Waals surface area contributed by atoms with Gasteiger partial charge in [-0.05, 0) is 11.6 Å². The van der Waals surface area contributed by atoms with Gasteiger partial charge < -0.3 is 4.42 Å². The van der Waals surface area contributed by atoms with Crippen LogP contribution < -0.4 is 0 Å². The predicted molar refractivity (Wildman–Crippen MR) is 20.3 cm³/mol. The van der Waals surface area contributed by atoms with E-state index < -0.39 is 0 Å². The molecule has 1 heterocycles. The lowest BCUT2D eigenvalue weighted by atomic mass is 11.0. The molecule has 1 radical (unpaired) electrons. The summed E-state index contributed by atoms with van der Waals surface area (Å²) < 4.78 is 4.36. The molecule has 0 bridgehead atoms. The fourth-order valence-corrected chi connectivity index (χ4v) is 0.257. The molecule has 0 spiro atoms. The molecule has 0 N–H and O–H groups in total. The number of hydrogen-bond acceptors (Lipinski definition) is 2. The average molecular weight is 102 g/mol. The zero-order chi connectivity index (χ0) is 4.41. The molecule has 0 amide bonds. The van der Waals surface area contributed by atoms with Gasteiger partial charge in [0, 0.05) is 0 Å². The first kappa shape index (κ1) is 3.68. The summed E-state index contributed by atoms with van der Waals surface area (Å²) >= 11 is 5.19. The first-order valence-corrected chi connectivity index (χ1v) is 1.75. The van der Waals surface area contributed by atoms with Crippen molar-refractivity contribution >= 4 is 11.6 Å². The van der Waals surface area contributed by atoms with Crippen LogP contribution >= 0.6 is 11.6 Å². The van der Waals surface area contributed by atoms with Crippen molar-refractivity contribution in [1.29, 1.82) is 0 Å². The highest BCUT2D eigenvalue weighted by Crippen LogP contribution is 2.01. The van der Waals surface area contributed by atoms with Crippen molar-refractivity contribution in [1.82, 2.24) is 4.98 Å². The quantitative estimate of drug-likeness (QED) is 0.491. The van der Waals surface area contributed by atoms with Crippen molar-refractivity contribution in [2.24, 2.45) is 0 Å². The molecule has 0 aromatic carbocycles. The zero-order valence-electron chi connectivity index (χ0n) is 2.81. The summed E-state index contributed by atoms with van der Waals surface area (Å²) in [5, 5.41) is 0.273. The highest BCUT2D eigenvalue weighted by Gasteiger charge is 1.82. The number of aromatic nitrogens is 1. The molecule has 0 atom stereocenters. The number of nitrogens with zero attached hydrogens (tertiary/aromatic N) is 1. The van der Waals surface area contributed by atoms with Crippen LogP contribution in [0.2, 0.25) is 5.22 Å². The Morgan fingerprint density at radius 1 is 2.00 bits per heavy atom. The summed E-state index contributed by atoms with van der Waals surface area (Å²) in [5.74, 6) is 0. The van der Waals surface area contributed by atoms with Crippen molar-refractivity contribution < 1.29 is 4.42 Å². The molecule has 1 aromatic heterocycles. The van der Waals surface area contributed by atoms with Crippen molar-refractivity contribution in [2.45, 2.75) is 0 Å². The van der Waals surface area contributed by atoms with Crippen LogP contribution in [0, 0.1) is 6.39 Å². The van der Waals surface area contributed by atoms with Crippen LogP contribution in [0.3, 0.4) is 0 Å². The monoisotopic (exact) mass is 102 g/mol. The molecule has 3 heteroatoms. The Morgan fingerprint density at radius 2 is 2.83 bits per heavy atom. The van der Waals surface area contributed by atoms with Gasteiger partial charge in [0.1, 0.15) is 0 Å². The Morgan fingerprint density at radius 3 is 3.00 bits per heavy atom. The maximum atomic E-state index is 5.19. The fourth-order valence-electron chi connectivity index (χ4n) is 0.173. The number of halogens is 1. The summed E-state index contributed by atoms with van der Waals surface area (Å²) in [6.07, 6.45) is 3.55. The van der Waals surface area contributed by atoms with E-state index in [1.165, 1.54) is 6.20 Å². The van der Waals surface area contributed by atoms with Crippen LogP contribution in [0.5, 0.6) is 0 Å². The van der Waals surface area contributed by atoms with Gasteiger partial charge in [-0.25, -0.2) is 4.98 Å². The highest BCUT2D eigenvalue weighted by atomic mass is 35.5. The second kappa shape index (κ2) is 1.30. The summed E-state index contributed by atoms with van der Waals surface area (Å²) in [5.41, 5.74) is 0. The van der Waals surface area contributed by atoms with Gasteiger partial charge in [0.15, 0.2) is 0 Å². The normalized spacial score (nSPS) is 8.83. The summed E-state index contributed by atoms with van der Waals surface area (Å²) in [4.78, 5) is 3.40. The third-order valence-corrected chi connectivity index (χ3v) is 0.537. The van der Waals surface area contributed by atoms with Crippen LogP contribution in [0.1, 0.15) is 0 Å². The topological polar surface area (TPSA) is 26.0 Å². The van der Waals surface area contributed by atoms with Crippen LogP contribution in [0.25, 0.3) is 0 Å². The van der Waals surface area contributed by atoms with Gasteiger partial charge in [-0.2, -0.15) is 0 Å². The minimum Gasteiger partial charge on any atom is -0.421 e. The van der Waals surface area contributed by atoms with Crippen molar-refractivity contribution in [3.05, 3.63) is 17.8 Å². The van der Waals surface area contributed by atoms with Crippen LogP contribution in [0.15, 0.2) is 10.6 Å². The molecule has 2 nitrogen and oxygen atoms in total.